The summed E-state index contributed by atoms with van der Waals surface area (Å²) in [6.07, 6.45) is 2.13. The summed E-state index contributed by atoms with van der Waals surface area (Å²) >= 11 is 0. The molecule has 0 atom stereocenters. The zero-order valence-electron chi connectivity index (χ0n) is 22.5. The van der Waals surface area contributed by atoms with E-state index in [2.05, 4.69) is 27.6 Å². The van der Waals surface area contributed by atoms with Gasteiger partial charge in [-0.25, -0.2) is 4.98 Å². The first kappa shape index (κ1) is 25.7. The monoisotopic (exact) mass is 510 g/mol. The molecule has 0 saturated carbocycles. The number of carbonyl (C=O) groups is 2. The molecule has 0 aliphatic carbocycles. The fourth-order valence-electron chi connectivity index (χ4n) is 5.02. The highest BCUT2D eigenvalue weighted by Crippen LogP contribution is 2.30. The minimum atomic E-state index is 0.0166. The first-order valence-electron chi connectivity index (χ1n) is 13.1. The molecule has 196 valence electrons. The Bertz CT molecular complexity index is 1460. The average molecular weight is 511 g/mol. The number of hydrogen-bond donors (Lipinski definition) is 0. The molecular formula is C31H34N4O3. The molecule has 2 aromatic heterocycles. The number of methoxy groups -OCH3 is 1. The summed E-state index contributed by atoms with van der Waals surface area (Å²) in [5.74, 6) is 1.08. The lowest BCUT2D eigenvalue weighted by atomic mass is 10.0. The molecule has 0 unspecified atom stereocenters. The van der Waals surface area contributed by atoms with E-state index >= 15 is 0 Å². The van der Waals surface area contributed by atoms with Gasteiger partial charge in [0.1, 0.15) is 11.4 Å². The smallest absolute Gasteiger partial charge is 0.225 e. The zero-order chi connectivity index (χ0) is 26.8. The van der Waals surface area contributed by atoms with Crippen molar-refractivity contribution in [1.29, 1.82) is 0 Å². The minimum Gasteiger partial charge on any atom is -0.497 e. The van der Waals surface area contributed by atoms with E-state index in [0.29, 0.717) is 12.1 Å². The zero-order valence-corrected chi connectivity index (χ0v) is 22.5. The Kier molecular flexibility index (Phi) is 7.29. The Morgan fingerprint density at radius 3 is 2.29 bits per heavy atom. The van der Waals surface area contributed by atoms with Gasteiger partial charge in [-0.1, -0.05) is 50.2 Å². The van der Waals surface area contributed by atoms with Crippen molar-refractivity contribution in [2.24, 2.45) is 5.92 Å². The molecular weight excluding hydrogens is 476 g/mol. The Hall–Kier alpha value is -3.97. The van der Waals surface area contributed by atoms with E-state index in [1.807, 2.05) is 67.3 Å². The topological polar surface area (TPSA) is 67.2 Å². The molecule has 7 heteroatoms. The predicted molar refractivity (Wildman–Crippen MR) is 149 cm³/mol. The number of rotatable bonds is 7. The standard InChI is InChI=1S/C31H34N4O3/c1-21(2)31(37)34-16-14-33(15-17-34)20-28-30(25-6-5-7-27(18-25)38-4)32-29-13-12-26(19-35(28)29)24-10-8-23(9-11-24)22(3)36/h5-13,18-19,21H,14-17,20H2,1-4H3. The Labute approximate surface area is 223 Å². The van der Waals surface area contributed by atoms with E-state index in [1.165, 1.54) is 0 Å². The summed E-state index contributed by atoms with van der Waals surface area (Å²) < 4.78 is 7.67. The minimum absolute atomic E-state index is 0.0166. The van der Waals surface area contributed by atoms with Crippen LogP contribution >= 0.6 is 0 Å². The van der Waals surface area contributed by atoms with Crippen LogP contribution in [-0.4, -0.2) is 64.2 Å². The van der Waals surface area contributed by atoms with Crippen molar-refractivity contribution in [3.63, 3.8) is 0 Å². The van der Waals surface area contributed by atoms with Gasteiger partial charge in [0.2, 0.25) is 5.91 Å². The lowest BCUT2D eigenvalue weighted by molar-refractivity contribution is -0.136. The van der Waals surface area contributed by atoms with Crippen molar-refractivity contribution < 1.29 is 14.3 Å². The lowest BCUT2D eigenvalue weighted by Crippen LogP contribution is -2.49. The number of Topliss-reactive ketones (excluding diaryl/α,β-unsaturated/α-hetero) is 1. The van der Waals surface area contributed by atoms with E-state index < -0.39 is 0 Å². The number of hydrogen-bond acceptors (Lipinski definition) is 5. The molecule has 38 heavy (non-hydrogen) atoms. The number of carbonyl (C=O) groups excluding carboxylic acids is 2. The van der Waals surface area contributed by atoms with E-state index in [-0.39, 0.29) is 17.6 Å². The number of ketones is 1. The van der Waals surface area contributed by atoms with Gasteiger partial charge < -0.3 is 14.0 Å². The van der Waals surface area contributed by atoms with Crippen molar-refractivity contribution in [2.75, 3.05) is 33.3 Å². The summed E-state index contributed by atoms with van der Waals surface area (Å²) in [5, 5.41) is 0. The largest absolute Gasteiger partial charge is 0.497 e. The average Bonchev–Trinajstić information content (AvgIpc) is 3.30. The van der Waals surface area contributed by atoms with Crippen LogP contribution in [0.3, 0.4) is 0 Å². The molecule has 1 aliphatic heterocycles. The normalized spacial score (nSPS) is 14.3. The molecule has 0 N–H and O–H groups in total. The lowest BCUT2D eigenvalue weighted by Gasteiger charge is -2.35. The van der Waals surface area contributed by atoms with Crippen molar-refractivity contribution in [3.05, 3.63) is 78.1 Å². The molecule has 7 nitrogen and oxygen atoms in total. The third-order valence-corrected chi connectivity index (χ3v) is 7.24. The number of fused-ring (bicyclic) bond motifs is 1. The molecule has 1 saturated heterocycles. The number of piperazine rings is 1. The number of pyridine rings is 1. The Balaban J connectivity index is 1.52. The third kappa shape index (κ3) is 5.20. The molecule has 0 bridgehead atoms. The van der Waals surface area contributed by atoms with Crippen LogP contribution in [0.1, 0.15) is 36.8 Å². The predicted octanol–water partition coefficient (Wildman–Crippen LogP) is 5.18. The Morgan fingerprint density at radius 1 is 0.921 bits per heavy atom. The second-order valence-electron chi connectivity index (χ2n) is 10.2. The third-order valence-electron chi connectivity index (χ3n) is 7.24. The van der Waals surface area contributed by atoms with Gasteiger partial charge in [-0.15, -0.1) is 0 Å². The van der Waals surface area contributed by atoms with Gasteiger partial charge in [-0.3, -0.25) is 14.5 Å². The fourth-order valence-corrected chi connectivity index (χ4v) is 5.02. The van der Waals surface area contributed by atoms with Crippen LogP contribution in [0, 0.1) is 5.92 Å². The van der Waals surface area contributed by atoms with E-state index in [4.69, 9.17) is 9.72 Å². The van der Waals surface area contributed by atoms with Gasteiger partial charge >= 0.3 is 0 Å². The molecule has 5 rings (SSSR count). The SMILES string of the molecule is COc1cccc(-c2nc3ccc(-c4ccc(C(C)=O)cc4)cn3c2CN2CCN(C(=O)C(C)C)CC2)c1. The maximum atomic E-state index is 12.5. The van der Waals surface area contributed by atoms with Crippen LogP contribution in [0.4, 0.5) is 0 Å². The van der Waals surface area contributed by atoms with Crippen molar-refractivity contribution >= 4 is 17.3 Å². The van der Waals surface area contributed by atoms with Gasteiger partial charge in [0.15, 0.2) is 5.78 Å². The van der Waals surface area contributed by atoms with Gasteiger partial charge in [0.05, 0.1) is 18.5 Å². The van der Waals surface area contributed by atoms with Crippen molar-refractivity contribution in [2.45, 2.75) is 27.3 Å². The van der Waals surface area contributed by atoms with Crippen LogP contribution in [-0.2, 0) is 11.3 Å². The molecule has 0 spiro atoms. The summed E-state index contributed by atoms with van der Waals surface area (Å²) in [7, 11) is 1.67. The molecule has 0 radical (unpaired) electrons. The van der Waals surface area contributed by atoms with E-state index in [0.717, 1.165) is 65.7 Å². The number of imidazole rings is 1. The molecule has 4 aromatic rings. The second-order valence-corrected chi connectivity index (χ2v) is 10.2. The van der Waals surface area contributed by atoms with Gasteiger partial charge in [0.25, 0.3) is 0 Å². The number of ether oxygens (including phenoxy) is 1. The second kappa shape index (κ2) is 10.8. The maximum absolute atomic E-state index is 12.5. The number of aromatic nitrogens is 2. The first-order chi connectivity index (χ1) is 18.3. The van der Waals surface area contributed by atoms with E-state index in [9.17, 15) is 9.59 Å². The summed E-state index contributed by atoms with van der Waals surface area (Å²) in [5.41, 5.74) is 6.69. The fraction of sp³-hybridized carbons (Fsp3) is 0.323. The van der Waals surface area contributed by atoms with Crippen molar-refractivity contribution in [3.8, 4) is 28.1 Å². The highest BCUT2D eigenvalue weighted by atomic mass is 16.5. The number of benzene rings is 2. The number of nitrogens with zero attached hydrogens (tertiary/aromatic N) is 4. The first-order valence-corrected chi connectivity index (χ1v) is 13.1. The quantitative estimate of drug-likeness (QED) is 0.321. The highest BCUT2D eigenvalue weighted by molar-refractivity contribution is 5.94. The van der Waals surface area contributed by atoms with Crippen LogP contribution < -0.4 is 4.74 Å². The molecule has 1 aliphatic rings. The van der Waals surface area contributed by atoms with Gasteiger partial charge in [0, 0.05) is 56.0 Å². The van der Waals surface area contributed by atoms with Crippen molar-refractivity contribution in [1.82, 2.24) is 19.2 Å². The van der Waals surface area contributed by atoms with Crippen LogP contribution in [0.25, 0.3) is 28.0 Å². The molecule has 1 amide bonds. The highest BCUT2D eigenvalue weighted by Gasteiger charge is 2.25. The summed E-state index contributed by atoms with van der Waals surface area (Å²) in [6.45, 7) is 9.30. The maximum Gasteiger partial charge on any atom is 0.225 e. The van der Waals surface area contributed by atoms with Gasteiger partial charge in [-0.05, 0) is 42.3 Å². The summed E-state index contributed by atoms with van der Waals surface area (Å²) in [6, 6.07) is 19.8. The Morgan fingerprint density at radius 2 is 1.63 bits per heavy atom. The van der Waals surface area contributed by atoms with Crippen LogP contribution in [0.15, 0.2) is 66.9 Å². The molecule has 2 aromatic carbocycles. The molecule has 1 fully saturated rings. The van der Waals surface area contributed by atoms with Gasteiger partial charge in [-0.2, -0.15) is 0 Å². The van der Waals surface area contributed by atoms with E-state index in [1.54, 1.807) is 14.0 Å². The van der Waals surface area contributed by atoms with Crippen LogP contribution in [0.2, 0.25) is 0 Å². The summed E-state index contributed by atoms with van der Waals surface area (Å²) in [4.78, 5) is 33.6. The molecule has 3 heterocycles. The van der Waals surface area contributed by atoms with Crippen LogP contribution in [0.5, 0.6) is 5.75 Å². The number of amides is 1.